The zero-order valence-corrected chi connectivity index (χ0v) is 11.6. The van der Waals surface area contributed by atoms with Crippen molar-refractivity contribution in [2.24, 2.45) is 0 Å². The second kappa shape index (κ2) is 5.04. The van der Waals surface area contributed by atoms with Crippen molar-refractivity contribution >= 4 is 11.3 Å². The fourth-order valence-corrected chi connectivity index (χ4v) is 3.58. The lowest BCUT2D eigenvalue weighted by molar-refractivity contribution is -0.0327. The van der Waals surface area contributed by atoms with Crippen LogP contribution in [0.5, 0.6) is 0 Å². The van der Waals surface area contributed by atoms with Crippen molar-refractivity contribution in [3.05, 3.63) is 15.6 Å². The summed E-state index contributed by atoms with van der Waals surface area (Å²) < 4.78 is 5.84. The molecule has 17 heavy (non-hydrogen) atoms. The number of hydrogen-bond acceptors (Lipinski definition) is 4. The fraction of sp³-hybridized carbons (Fsp3) is 0.769. The Bertz CT molecular complexity index is 391. The molecule has 1 aliphatic rings. The van der Waals surface area contributed by atoms with Crippen molar-refractivity contribution in [2.75, 3.05) is 6.61 Å². The average Bonchev–Trinajstić information content (AvgIpc) is 2.75. The predicted molar refractivity (Wildman–Crippen MR) is 69.3 cm³/mol. The van der Waals surface area contributed by atoms with Gasteiger partial charge in [-0.05, 0) is 39.5 Å². The van der Waals surface area contributed by atoms with E-state index in [0.717, 1.165) is 36.4 Å². The van der Waals surface area contributed by atoms with Crippen molar-refractivity contribution < 1.29 is 9.84 Å². The van der Waals surface area contributed by atoms with Crippen molar-refractivity contribution in [3.8, 4) is 0 Å². The van der Waals surface area contributed by atoms with E-state index < -0.39 is 0 Å². The van der Waals surface area contributed by atoms with Gasteiger partial charge in [0.25, 0.3) is 0 Å². The predicted octanol–water partition coefficient (Wildman–Crippen LogP) is 3.17. The topological polar surface area (TPSA) is 42.4 Å². The summed E-state index contributed by atoms with van der Waals surface area (Å²) in [6.07, 6.45) is 3.49. The molecule has 3 nitrogen and oxygen atoms in total. The molecule has 0 spiro atoms. The first-order chi connectivity index (χ1) is 8.10. The van der Waals surface area contributed by atoms with Gasteiger partial charge in [0, 0.05) is 11.5 Å². The monoisotopic (exact) mass is 255 g/mol. The van der Waals surface area contributed by atoms with Crippen LogP contribution in [0.15, 0.2) is 0 Å². The van der Waals surface area contributed by atoms with Gasteiger partial charge in [-0.1, -0.05) is 6.92 Å². The zero-order valence-electron chi connectivity index (χ0n) is 10.8. The number of aliphatic hydroxyl groups is 1. The molecule has 1 heterocycles. The molecule has 0 aromatic carbocycles. The molecule has 1 aromatic heterocycles. The molecule has 1 aliphatic carbocycles. The Balaban J connectivity index is 2.33. The van der Waals surface area contributed by atoms with Crippen LogP contribution >= 0.6 is 11.3 Å². The normalized spacial score (nSPS) is 23.2. The maximum atomic E-state index is 9.95. The maximum absolute atomic E-state index is 9.95. The van der Waals surface area contributed by atoms with E-state index in [9.17, 15) is 5.11 Å². The molecule has 0 fully saturated rings. The molecule has 1 aromatic rings. The third-order valence-corrected chi connectivity index (χ3v) is 4.89. The van der Waals surface area contributed by atoms with E-state index in [1.807, 2.05) is 6.92 Å². The van der Waals surface area contributed by atoms with E-state index in [2.05, 4.69) is 18.8 Å². The minimum absolute atomic E-state index is 0.295. The van der Waals surface area contributed by atoms with Gasteiger partial charge in [-0.2, -0.15) is 0 Å². The Kier molecular flexibility index (Phi) is 3.85. The molecule has 2 atom stereocenters. The average molecular weight is 255 g/mol. The summed E-state index contributed by atoms with van der Waals surface area (Å²) in [7, 11) is 0. The Morgan fingerprint density at radius 2 is 2.29 bits per heavy atom. The summed E-state index contributed by atoms with van der Waals surface area (Å²) in [6.45, 7) is 6.91. The van der Waals surface area contributed by atoms with Gasteiger partial charge in [0.15, 0.2) is 0 Å². The number of fused-ring (bicyclic) bond motifs is 1. The summed E-state index contributed by atoms with van der Waals surface area (Å²) in [4.78, 5) is 5.89. The van der Waals surface area contributed by atoms with Crippen LogP contribution in [0.1, 0.15) is 61.7 Å². The molecule has 1 N–H and O–H groups in total. The van der Waals surface area contributed by atoms with E-state index in [1.165, 1.54) is 4.88 Å². The third-order valence-electron chi connectivity index (χ3n) is 3.51. The van der Waals surface area contributed by atoms with E-state index in [1.54, 1.807) is 11.3 Å². The third kappa shape index (κ3) is 2.39. The lowest BCUT2D eigenvalue weighted by Crippen LogP contribution is -2.25. The molecule has 0 aliphatic heterocycles. The first-order valence-corrected chi connectivity index (χ1v) is 7.24. The standard InChI is InChI=1S/C13H21NO2S/c1-4-13(3,16-5-2)12-14-11-9(15)7-6-8-10(11)17-12/h9,15H,4-8H2,1-3H3. The molecule has 0 saturated carbocycles. The highest BCUT2D eigenvalue weighted by Gasteiger charge is 2.32. The molecular weight excluding hydrogens is 234 g/mol. The van der Waals surface area contributed by atoms with Crippen LogP contribution in [-0.4, -0.2) is 16.7 Å². The van der Waals surface area contributed by atoms with Crippen molar-refractivity contribution in [3.63, 3.8) is 0 Å². The molecule has 2 unspecified atom stereocenters. The first-order valence-electron chi connectivity index (χ1n) is 6.42. The molecule has 96 valence electrons. The number of aliphatic hydroxyl groups excluding tert-OH is 1. The molecule has 0 saturated heterocycles. The smallest absolute Gasteiger partial charge is 0.125 e. The quantitative estimate of drug-likeness (QED) is 0.898. The molecule has 0 radical (unpaired) electrons. The van der Waals surface area contributed by atoms with Gasteiger partial charge in [0.1, 0.15) is 10.6 Å². The van der Waals surface area contributed by atoms with Crippen LogP contribution in [0.2, 0.25) is 0 Å². The lowest BCUT2D eigenvalue weighted by Gasteiger charge is -2.25. The molecule has 2 rings (SSSR count). The highest BCUT2D eigenvalue weighted by atomic mass is 32.1. The van der Waals surface area contributed by atoms with Gasteiger partial charge in [-0.25, -0.2) is 4.98 Å². The zero-order chi connectivity index (χ0) is 12.5. The Morgan fingerprint density at radius 3 is 2.88 bits per heavy atom. The summed E-state index contributed by atoms with van der Waals surface area (Å²) in [5.41, 5.74) is 0.604. The number of ether oxygens (including phenoxy) is 1. The second-order valence-corrected chi connectivity index (χ2v) is 5.84. The lowest BCUT2D eigenvalue weighted by atomic mass is 10.00. The van der Waals surface area contributed by atoms with Crippen molar-refractivity contribution in [2.45, 2.75) is 58.2 Å². The number of nitrogens with zero attached hydrogens (tertiary/aromatic N) is 1. The largest absolute Gasteiger partial charge is 0.387 e. The van der Waals surface area contributed by atoms with Crippen LogP contribution in [-0.2, 0) is 16.8 Å². The minimum Gasteiger partial charge on any atom is -0.387 e. The van der Waals surface area contributed by atoms with E-state index >= 15 is 0 Å². The van der Waals surface area contributed by atoms with Crippen LogP contribution in [0.4, 0.5) is 0 Å². The number of hydrogen-bond donors (Lipinski definition) is 1. The van der Waals surface area contributed by atoms with Crippen LogP contribution < -0.4 is 0 Å². The highest BCUT2D eigenvalue weighted by molar-refractivity contribution is 7.11. The Morgan fingerprint density at radius 1 is 1.53 bits per heavy atom. The van der Waals surface area contributed by atoms with Crippen LogP contribution in [0.25, 0.3) is 0 Å². The Labute approximate surface area is 107 Å². The van der Waals surface area contributed by atoms with E-state index in [-0.39, 0.29) is 11.7 Å². The number of thiazole rings is 1. The SMILES string of the molecule is CCOC(C)(CC)c1nc2c(s1)CCCC2O. The summed E-state index contributed by atoms with van der Waals surface area (Å²) in [6, 6.07) is 0. The van der Waals surface area contributed by atoms with E-state index in [4.69, 9.17) is 4.74 Å². The Hall–Kier alpha value is -0.450. The molecule has 4 heteroatoms. The van der Waals surface area contributed by atoms with E-state index in [0.29, 0.717) is 6.61 Å². The van der Waals surface area contributed by atoms with Crippen molar-refractivity contribution in [1.82, 2.24) is 4.98 Å². The van der Waals surface area contributed by atoms with Gasteiger partial charge < -0.3 is 9.84 Å². The number of aromatic nitrogens is 1. The molecule has 0 amide bonds. The fourth-order valence-electron chi connectivity index (χ4n) is 2.26. The van der Waals surface area contributed by atoms with Gasteiger partial charge >= 0.3 is 0 Å². The minimum atomic E-state index is -0.369. The second-order valence-electron chi connectivity index (χ2n) is 4.75. The summed E-state index contributed by atoms with van der Waals surface area (Å²) >= 11 is 1.71. The van der Waals surface area contributed by atoms with Crippen LogP contribution in [0.3, 0.4) is 0 Å². The summed E-state index contributed by atoms with van der Waals surface area (Å²) in [5.74, 6) is 0. The maximum Gasteiger partial charge on any atom is 0.125 e. The number of aryl methyl sites for hydroxylation is 1. The first kappa shape index (κ1) is 13.0. The van der Waals surface area contributed by atoms with Gasteiger partial charge in [-0.3, -0.25) is 0 Å². The van der Waals surface area contributed by atoms with Crippen molar-refractivity contribution in [1.29, 1.82) is 0 Å². The van der Waals surface area contributed by atoms with Crippen LogP contribution in [0, 0.1) is 0 Å². The summed E-state index contributed by atoms with van der Waals surface area (Å²) in [5, 5.41) is 11.0. The van der Waals surface area contributed by atoms with Gasteiger partial charge in [0.2, 0.25) is 0 Å². The highest BCUT2D eigenvalue weighted by Crippen LogP contribution is 2.39. The molecular formula is C13H21NO2S. The van der Waals surface area contributed by atoms with Gasteiger partial charge in [-0.15, -0.1) is 11.3 Å². The van der Waals surface area contributed by atoms with Gasteiger partial charge in [0.05, 0.1) is 11.8 Å². The molecule has 0 bridgehead atoms. The number of rotatable bonds is 4.